The van der Waals surface area contributed by atoms with Gasteiger partial charge < -0.3 is 15.2 Å². The molecule has 0 spiro atoms. The van der Waals surface area contributed by atoms with E-state index in [-0.39, 0.29) is 6.61 Å². The van der Waals surface area contributed by atoms with E-state index in [1.807, 2.05) is 6.92 Å². The van der Waals surface area contributed by atoms with Gasteiger partial charge in [-0.15, -0.1) is 0 Å². The van der Waals surface area contributed by atoms with Gasteiger partial charge >= 0.3 is 0 Å². The van der Waals surface area contributed by atoms with Crippen molar-refractivity contribution in [3.8, 4) is 5.88 Å². The van der Waals surface area contributed by atoms with Gasteiger partial charge in [-0.2, -0.15) is 0 Å². The molecule has 0 aliphatic carbocycles. The second-order valence-corrected chi connectivity index (χ2v) is 3.84. The molecule has 0 aromatic carbocycles. The minimum Gasteiger partial charge on any atom is -0.478 e. The molecule has 1 aromatic heterocycles. The van der Waals surface area contributed by atoms with Crippen LogP contribution in [0.4, 0.5) is 5.82 Å². The number of aliphatic hydroxyl groups excluding tert-OH is 1. The van der Waals surface area contributed by atoms with Crippen LogP contribution < -0.4 is 10.1 Å². The molecule has 0 fully saturated rings. The van der Waals surface area contributed by atoms with Crippen LogP contribution in [0.25, 0.3) is 0 Å². The van der Waals surface area contributed by atoms with Crippen LogP contribution in [0.15, 0.2) is 12.4 Å². The second-order valence-electron chi connectivity index (χ2n) is 3.84. The molecular formula is C12H21N3O2. The smallest absolute Gasteiger partial charge is 0.218 e. The van der Waals surface area contributed by atoms with Gasteiger partial charge in [0.15, 0.2) is 0 Å². The number of anilines is 1. The average Bonchev–Trinajstić information content (AvgIpc) is 2.35. The van der Waals surface area contributed by atoms with Crippen molar-refractivity contribution in [3.05, 3.63) is 12.4 Å². The Hall–Kier alpha value is -1.36. The number of aromatic nitrogens is 2. The van der Waals surface area contributed by atoms with Gasteiger partial charge in [-0.3, -0.25) is 0 Å². The summed E-state index contributed by atoms with van der Waals surface area (Å²) in [6.45, 7) is 5.67. The van der Waals surface area contributed by atoms with E-state index in [0.717, 1.165) is 25.2 Å². The normalized spacial score (nSPS) is 12.2. The maximum atomic E-state index is 8.91. The molecule has 17 heavy (non-hydrogen) atoms. The Labute approximate surface area is 102 Å². The van der Waals surface area contributed by atoms with Crippen LogP contribution in [-0.2, 0) is 0 Å². The van der Waals surface area contributed by atoms with Crippen LogP contribution in [0.5, 0.6) is 5.88 Å². The quantitative estimate of drug-likeness (QED) is 0.722. The molecule has 0 amide bonds. The van der Waals surface area contributed by atoms with Crippen LogP contribution in [0.3, 0.4) is 0 Å². The van der Waals surface area contributed by atoms with E-state index >= 15 is 0 Å². The van der Waals surface area contributed by atoms with E-state index < -0.39 is 0 Å². The highest BCUT2D eigenvalue weighted by molar-refractivity contribution is 5.36. The van der Waals surface area contributed by atoms with Crippen LogP contribution in [0, 0.1) is 5.92 Å². The Balaban J connectivity index is 2.47. The van der Waals surface area contributed by atoms with E-state index in [0.29, 0.717) is 18.4 Å². The Kier molecular flexibility index (Phi) is 6.32. The third-order valence-electron chi connectivity index (χ3n) is 2.62. The third-order valence-corrected chi connectivity index (χ3v) is 2.62. The monoisotopic (exact) mass is 239 g/mol. The van der Waals surface area contributed by atoms with E-state index in [9.17, 15) is 0 Å². The number of hydrogen-bond acceptors (Lipinski definition) is 5. The molecule has 2 N–H and O–H groups in total. The zero-order chi connectivity index (χ0) is 12.5. The Morgan fingerprint density at radius 3 is 2.88 bits per heavy atom. The minimum atomic E-state index is 0.230. The molecule has 0 saturated heterocycles. The highest BCUT2D eigenvalue weighted by Crippen LogP contribution is 2.13. The molecular weight excluding hydrogens is 218 g/mol. The Morgan fingerprint density at radius 1 is 1.41 bits per heavy atom. The summed E-state index contributed by atoms with van der Waals surface area (Å²) in [5.74, 6) is 1.81. The van der Waals surface area contributed by atoms with Crippen molar-refractivity contribution in [1.82, 2.24) is 9.97 Å². The van der Waals surface area contributed by atoms with Crippen molar-refractivity contribution in [2.24, 2.45) is 5.92 Å². The van der Waals surface area contributed by atoms with E-state index in [2.05, 4.69) is 22.2 Å². The van der Waals surface area contributed by atoms with Crippen molar-refractivity contribution in [1.29, 1.82) is 0 Å². The van der Waals surface area contributed by atoms with E-state index in [1.54, 1.807) is 6.07 Å². The molecule has 96 valence electrons. The number of nitrogens with zero attached hydrogens (tertiary/aromatic N) is 2. The fourth-order valence-electron chi connectivity index (χ4n) is 1.54. The Morgan fingerprint density at radius 2 is 2.24 bits per heavy atom. The fourth-order valence-corrected chi connectivity index (χ4v) is 1.54. The largest absolute Gasteiger partial charge is 0.478 e. The first-order chi connectivity index (χ1) is 8.30. The first-order valence-corrected chi connectivity index (χ1v) is 6.09. The van der Waals surface area contributed by atoms with Gasteiger partial charge in [0.05, 0.1) is 6.61 Å². The zero-order valence-electron chi connectivity index (χ0n) is 10.5. The molecule has 1 unspecified atom stereocenters. The first-order valence-electron chi connectivity index (χ1n) is 6.09. The molecule has 1 atom stereocenters. The lowest BCUT2D eigenvalue weighted by molar-refractivity contribution is 0.258. The lowest BCUT2D eigenvalue weighted by atomic mass is 10.0. The van der Waals surface area contributed by atoms with Gasteiger partial charge in [-0.05, 0) is 19.3 Å². The number of ether oxygens (including phenoxy) is 1. The summed E-state index contributed by atoms with van der Waals surface area (Å²) < 4.78 is 5.30. The standard InChI is InChI=1S/C12H21N3O2/c1-3-10(5-6-16)8-13-11-7-12(17-4-2)15-9-14-11/h7,9-10,16H,3-6,8H2,1-2H3,(H,13,14,15). The molecule has 0 aliphatic rings. The van der Waals surface area contributed by atoms with Gasteiger partial charge in [-0.1, -0.05) is 13.3 Å². The maximum absolute atomic E-state index is 8.91. The minimum absolute atomic E-state index is 0.230. The zero-order valence-corrected chi connectivity index (χ0v) is 10.5. The van der Waals surface area contributed by atoms with Crippen molar-refractivity contribution >= 4 is 5.82 Å². The predicted octanol–water partition coefficient (Wildman–Crippen LogP) is 1.70. The summed E-state index contributed by atoms with van der Waals surface area (Å²) in [6, 6.07) is 1.79. The van der Waals surface area contributed by atoms with Crippen molar-refractivity contribution in [3.63, 3.8) is 0 Å². The van der Waals surface area contributed by atoms with Crippen LogP contribution in [0.2, 0.25) is 0 Å². The summed E-state index contributed by atoms with van der Waals surface area (Å²) in [5.41, 5.74) is 0. The van der Waals surface area contributed by atoms with Crippen LogP contribution in [-0.4, -0.2) is 34.8 Å². The molecule has 0 aliphatic heterocycles. The molecule has 5 heteroatoms. The maximum Gasteiger partial charge on any atom is 0.218 e. The highest BCUT2D eigenvalue weighted by Gasteiger charge is 2.06. The molecule has 0 radical (unpaired) electrons. The predicted molar refractivity (Wildman–Crippen MR) is 67.2 cm³/mol. The highest BCUT2D eigenvalue weighted by atomic mass is 16.5. The molecule has 1 heterocycles. The number of nitrogens with one attached hydrogen (secondary N) is 1. The SMILES string of the molecule is CCOc1cc(NCC(CC)CCO)ncn1. The lowest BCUT2D eigenvalue weighted by Crippen LogP contribution is -2.15. The fraction of sp³-hybridized carbons (Fsp3) is 0.667. The van der Waals surface area contributed by atoms with Gasteiger partial charge in [-0.25, -0.2) is 9.97 Å². The lowest BCUT2D eigenvalue weighted by Gasteiger charge is -2.14. The van der Waals surface area contributed by atoms with Crippen molar-refractivity contribution < 1.29 is 9.84 Å². The average molecular weight is 239 g/mol. The van der Waals surface area contributed by atoms with Crippen LogP contribution >= 0.6 is 0 Å². The molecule has 0 bridgehead atoms. The molecule has 5 nitrogen and oxygen atoms in total. The molecule has 1 rings (SSSR count). The van der Waals surface area contributed by atoms with Crippen molar-refractivity contribution in [2.75, 3.05) is 25.1 Å². The summed E-state index contributed by atoms with van der Waals surface area (Å²) >= 11 is 0. The third kappa shape index (κ3) is 4.99. The number of hydrogen-bond donors (Lipinski definition) is 2. The summed E-state index contributed by atoms with van der Waals surface area (Å²) in [4.78, 5) is 8.12. The van der Waals surface area contributed by atoms with Gasteiger partial charge in [0, 0.05) is 19.2 Å². The van der Waals surface area contributed by atoms with Gasteiger partial charge in [0.25, 0.3) is 0 Å². The topological polar surface area (TPSA) is 67.3 Å². The van der Waals surface area contributed by atoms with Gasteiger partial charge in [0.1, 0.15) is 12.1 Å². The van der Waals surface area contributed by atoms with Crippen molar-refractivity contribution in [2.45, 2.75) is 26.7 Å². The number of aliphatic hydroxyl groups is 1. The summed E-state index contributed by atoms with van der Waals surface area (Å²) in [6.07, 6.45) is 3.34. The van der Waals surface area contributed by atoms with Gasteiger partial charge in [0.2, 0.25) is 5.88 Å². The van der Waals surface area contributed by atoms with Crippen LogP contribution in [0.1, 0.15) is 26.7 Å². The first kappa shape index (κ1) is 13.7. The van der Waals surface area contributed by atoms with E-state index in [1.165, 1.54) is 6.33 Å². The number of rotatable bonds is 8. The summed E-state index contributed by atoms with van der Waals surface area (Å²) in [7, 11) is 0. The molecule has 0 saturated carbocycles. The Bertz CT molecular complexity index is 320. The second kappa shape index (κ2) is 7.84. The summed E-state index contributed by atoms with van der Waals surface area (Å²) in [5, 5.41) is 12.1. The molecule has 1 aromatic rings. The van der Waals surface area contributed by atoms with E-state index in [4.69, 9.17) is 9.84 Å².